The minimum Gasteiger partial charge on any atom is -0.207 e. The summed E-state index contributed by atoms with van der Waals surface area (Å²) < 4.78 is 53.9. The highest BCUT2D eigenvalue weighted by molar-refractivity contribution is 5.66. The molecular weight excluding hydrogens is 256 g/mol. The van der Waals surface area contributed by atoms with Gasteiger partial charge in [-0.2, -0.15) is 0 Å². The van der Waals surface area contributed by atoms with Gasteiger partial charge in [0.2, 0.25) is 0 Å². The van der Waals surface area contributed by atoms with Crippen LogP contribution in [0.4, 0.5) is 17.6 Å². The topological polar surface area (TPSA) is 0 Å². The Morgan fingerprint density at radius 3 is 1.84 bits per heavy atom. The average molecular weight is 268 g/mol. The van der Waals surface area contributed by atoms with Gasteiger partial charge in [0.05, 0.1) is 5.56 Å². The lowest BCUT2D eigenvalue weighted by molar-refractivity contribution is 0.545. The van der Waals surface area contributed by atoms with Gasteiger partial charge in [-0.05, 0) is 17.5 Å². The second kappa shape index (κ2) is 5.03. The molecule has 0 unspecified atom stereocenters. The summed E-state index contributed by atoms with van der Waals surface area (Å²) in [6, 6.07) is 5.22. The predicted octanol–water partition coefficient (Wildman–Crippen LogP) is 5.03. The summed E-state index contributed by atoms with van der Waals surface area (Å²) in [7, 11) is 0. The molecule has 100 valence electrons. The highest BCUT2D eigenvalue weighted by Gasteiger charge is 2.17. The Morgan fingerprint density at radius 1 is 0.789 bits per heavy atom. The van der Waals surface area contributed by atoms with Crippen molar-refractivity contribution < 1.29 is 17.6 Å². The van der Waals surface area contributed by atoms with E-state index >= 15 is 0 Å². The van der Waals surface area contributed by atoms with Crippen molar-refractivity contribution in [2.45, 2.75) is 19.8 Å². The van der Waals surface area contributed by atoms with E-state index in [1.807, 2.05) is 13.8 Å². The molecule has 19 heavy (non-hydrogen) atoms. The van der Waals surface area contributed by atoms with Gasteiger partial charge in [-0.15, -0.1) is 0 Å². The number of rotatable bonds is 2. The van der Waals surface area contributed by atoms with Gasteiger partial charge >= 0.3 is 0 Å². The number of hydrogen-bond donors (Lipinski definition) is 0. The second-order valence-corrected chi connectivity index (χ2v) is 4.64. The zero-order chi connectivity index (χ0) is 14.2. The zero-order valence-corrected chi connectivity index (χ0v) is 10.5. The molecule has 2 aromatic carbocycles. The molecule has 0 nitrogen and oxygen atoms in total. The molecule has 0 N–H and O–H groups in total. The van der Waals surface area contributed by atoms with Crippen LogP contribution in [0.2, 0.25) is 0 Å². The first kappa shape index (κ1) is 13.6. The Morgan fingerprint density at radius 2 is 1.37 bits per heavy atom. The van der Waals surface area contributed by atoms with Crippen molar-refractivity contribution in [2.24, 2.45) is 0 Å². The van der Waals surface area contributed by atoms with E-state index in [9.17, 15) is 17.6 Å². The van der Waals surface area contributed by atoms with Gasteiger partial charge in [0.15, 0.2) is 0 Å². The first-order chi connectivity index (χ1) is 8.90. The highest BCUT2D eigenvalue weighted by atomic mass is 19.1. The number of benzene rings is 2. The molecule has 0 radical (unpaired) electrons. The summed E-state index contributed by atoms with van der Waals surface area (Å²) in [6.45, 7) is 3.76. The maximum Gasteiger partial charge on any atom is 0.136 e. The van der Waals surface area contributed by atoms with E-state index in [4.69, 9.17) is 0 Å². The fraction of sp³-hybridized carbons (Fsp3) is 0.200. The van der Waals surface area contributed by atoms with Crippen LogP contribution in [-0.2, 0) is 0 Å². The van der Waals surface area contributed by atoms with Gasteiger partial charge in [0, 0.05) is 17.7 Å². The molecule has 0 atom stereocenters. The molecule has 0 heterocycles. The van der Waals surface area contributed by atoms with Crippen LogP contribution < -0.4 is 0 Å². The van der Waals surface area contributed by atoms with Gasteiger partial charge in [-0.1, -0.05) is 26.0 Å². The van der Waals surface area contributed by atoms with Crippen molar-refractivity contribution in [1.82, 2.24) is 0 Å². The van der Waals surface area contributed by atoms with Crippen molar-refractivity contribution in [2.75, 3.05) is 0 Å². The van der Waals surface area contributed by atoms with Crippen LogP contribution in [-0.4, -0.2) is 0 Å². The van der Waals surface area contributed by atoms with Crippen LogP contribution in [0, 0.1) is 23.3 Å². The Hall–Kier alpha value is -1.84. The fourth-order valence-electron chi connectivity index (χ4n) is 1.89. The number of hydrogen-bond acceptors (Lipinski definition) is 0. The van der Waals surface area contributed by atoms with E-state index in [1.165, 1.54) is 12.1 Å². The van der Waals surface area contributed by atoms with E-state index in [0.717, 1.165) is 5.56 Å². The second-order valence-electron chi connectivity index (χ2n) is 4.64. The molecule has 0 aliphatic carbocycles. The van der Waals surface area contributed by atoms with Crippen molar-refractivity contribution in [1.29, 1.82) is 0 Å². The molecule has 0 bridgehead atoms. The molecule has 2 rings (SSSR count). The number of halogens is 4. The molecule has 0 spiro atoms. The predicted molar refractivity (Wildman–Crippen MR) is 65.8 cm³/mol. The molecule has 0 saturated heterocycles. The summed E-state index contributed by atoms with van der Waals surface area (Å²) in [6.07, 6.45) is 0. The molecular formula is C15H12F4. The van der Waals surface area contributed by atoms with Gasteiger partial charge in [-0.3, -0.25) is 0 Å². The molecule has 0 fully saturated rings. The average Bonchev–Trinajstić information content (AvgIpc) is 2.29. The third-order valence-corrected chi connectivity index (χ3v) is 2.94. The van der Waals surface area contributed by atoms with Gasteiger partial charge in [-0.25, -0.2) is 17.6 Å². The Labute approximate surface area is 108 Å². The Bertz CT molecular complexity index is 595. The molecule has 4 heteroatoms. The molecule has 0 amide bonds. The van der Waals surface area contributed by atoms with Crippen LogP contribution in [0.5, 0.6) is 0 Å². The van der Waals surface area contributed by atoms with Gasteiger partial charge < -0.3 is 0 Å². The first-order valence-corrected chi connectivity index (χ1v) is 5.84. The van der Waals surface area contributed by atoms with Crippen LogP contribution in [0.25, 0.3) is 11.1 Å². The van der Waals surface area contributed by atoms with Crippen LogP contribution in [0.15, 0.2) is 30.3 Å². The molecule has 0 aromatic heterocycles. The van der Waals surface area contributed by atoms with E-state index in [0.29, 0.717) is 12.1 Å². The lowest BCUT2D eigenvalue weighted by Crippen LogP contribution is -1.97. The Kier molecular flexibility index (Phi) is 3.60. The van der Waals surface area contributed by atoms with Gasteiger partial charge in [0.1, 0.15) is 23.3 Å². The lowest BCUT2D eigenvalue weighted by atomic mass is 9.97. The summed E-state index contributed by atoms with van der Waals surface area (Å²) >= 11 is 0. The zero-order valence-electron chi connectivity index (χ0n) is 10.5. The van der Waals surface area contributed by atoms with E-state index in [-0.39, 0.29) is 11.5 Å². The van der Waals surface area contributed by atoms with E-state index in [1.54, 1.807) is 6.07 Å². The Balaban J connectivity index is 2.60. The normalized spacial score (nSPS) is 11.1. The monoisotopic (exact) mass is 268 g/mol. The van der Waals surface area contributed by atoms with Crippen molar-refractivity contribution in [3.8, 4) is 11.1 Å². The van der Waals surface area contributed by atoms with Crippen molar-refractivity contribution >= 4 is 0 Å². The molecule has 0 saturated carbocycles. The SMILES string of the molecule is CC(C)c1ccc(-c2c(F)cc(F)cc2F)c(F)c1. The minimum atomic E-state index is -1.12. The lowest BCUT2D eigenvalue weighted by Gasteiger charge is -2.10. The van der Waals surface area contributed by atoms with Crippen LogP contribution in [0.3, 0.4) is 0 Å². The van der Waals surface area contributed by atoms with Crippen LogP contribution >= 0.6 is 0 Å². The first-order valence-electron chi connectivity index (χ1n) is 5.84. The van der Waals surface area contributed by atoms with Crippen molar-refractivity contribution in [3.63, 3.8) is 0 Å². The standard InChI is InChI=1S/C15H12F4/c1-8(2)9-3-4-11(12(17)5-9)15-13(18)6-10(16)7-14(15)19/h3-8H,1-2H3. The van der Waals surface area contributed by atoms with E-state index in [2.05, 4.69) is 0 Å². The largest absolute Gasteiger partial charge is 0.207 e. The molecule has 0 aliphatic heterocycles. The van der Waals surface area contributed by atoms with E-state index < -0.39 is 28.8 Å². The smallest absolute Gasteiger partial charge is 0.136 e. The summed E-state index contributed by atoms with van der Waals surface area (Å²) in [5.74, 6) is -3.89. The molecule has 2 aromatic rings. The summed E-state index contributed by atoms with van der Waals surface area (Å²) in [5.41, 5.74) is -0.0298. The summed E-state index contributed by atoms with van der Waals surface area (Å²) in [5, 5.41) is 0. The van der Waals surface area contributed by atoms with Crippen molar-refractivity contribution in [3.05, 3.63) is 59.2 Å². The molecule has 0 aliphatic rings. The maximum atomic E-state index is 13.9. The third kappa shape index (κ3) is 2.62. The fourth-order valence-corrected chi connectivity index (χ4v) is 1.89. The summed E-state index contributed by atoms with van der Waals surface area (Å²) in [4.78, 5) is 0. The third-order valence-electron chi connectivity index (χ3n) is 2.94. The van der Waals surface area contributed by atoms with Crippen LogP contribution in [0.1, 0.15) is 25.3 Å². The minimum absolute atomic E-state index is 0.103. The quantitative estimate of drug-likeness (QED) is 0.670. The van der Waals surface area contributed by atoms with Gasteiger partial charge in [0.25, 0.3) is 0 Å². The maximum absolute atomic E-state index is 13.9. The highest BCUT2D eigenvalue weighted by Crippen LogP contribution is 2.30.